The van der Waals surface area contributed by atoms with Gasteiger partial charge in [0, 0.05) is 0 Å². The third-order valence-corrected chi connectivity index (χ3v) is 4.28. The van der Waals surface area contributed by atoms with Crippen molar-refractivity contribution >= 4 is 0 Å². The Hall–Kier alpha value is -0.340. The molecule has 0 aromatic carbocycles. The summed E-state index contributed by atoms with van der Waals surface area (Å²) in [5.41, 5.74) is 3.15. The SMILES string of the molecule is CC1=C(CC2(C)COCCO2)C(C(C)C)CC1. The molecule has 0 aromatic rings. The molecule has 2 heteroatoms. The fourth-order valence-corrected chi connectivity index (χ4v) is 3.22. The zero-order valence-corrected chi connectivity index (χ0v) is 11.7. The maximum absolute atomic E-state index is 5.94. The van der Waals surface area contributed by atoms with Gasteiger partial charge in [0.15, 0.2) is 0 Å². The molecule has 2 unspecified atom stereocenters. The Bertz CT molecular complexity index is 298. The summed E-state index contributed by atoms with van der Waals surface area (Å²) in [6, 6.07) is 0. The number of hydrogen-bond donors (Lipinski definition) is 0. The Morgan fingerprint density at radius 2 is 2.12 bits per heavy atom. The summed E-state index contributed by atoms with van der Waals surface area (Å²) in [7, 11) is 0. The van der Waals surface area contributed by atoms with Crippen LogP contribution < -0.4 is 0 Å². The topological polar surface area (TPSA) is 18.5 Å². The van der Waals surface area contributed by atoms with Crippen LogP contribution in [0.15, 0.2) is 11.1 Å². The van der Waals surface area contributed by atoms with Gasteiger partial charge in [0.2, 0.25) is 0 Å². The number of rotatable bonds is 3. The van der Waals surface area contributed by atoms with E-state index in [1.54, 1.807) is 11.1 Å². The van der Waals surface area contributed by atoms with Gasteiger partial charge >= 0.3 is 0 Å². The Morgan fingerprint density at radius 1 is 1.35 bits per heavy atom. The normalized spacial score (nSPS) is 34.8. The summed E-state index contributed by atoms with van der Waals surface area (Å²) >= 11 is 0. The van der Waals surface area contributed by atoms with E-state index in [2.05, 4.69) is 27.7 Å². The minimum absolute atomic E-state index is 0.0909. The highest BCUT2D eigenvalue weighted by Crippen LogP contribution is 2.41. The second-order valence-electron chi connectivity index (χ2n) is 6.22. The van der Waals surface area contributed by atoms with Gasteiger partial charge in [-0.2, -0.15) is 0 Å². The van der Waals surface area contributed by atoms with E-state index in [4.69, 9.17) is 9.47 Å². The molecule has 1 fully saturated rings. The van der Waals surface area contributed by atoms with Crippen LogP contribution in [0.1, 0.15) is 47.0 Å². The summed E-state index contributed by atoms with van der Waals surface area (Å²) in [6.45, 7) is 11.4. The Kier molecular flexibility index (Phi) is 3.94. The smallest absolute Gasteiger partial charge is 0.0925 e. The van der Waals surface area contributed by atoms with Crippen molar-refractivity contribution in [3.8, 4) is 0 Å². The quantitative estimate of drug-likeness (QED) is 0.700. The summed E-state index contributed by atoms with van der Waals surface area (Å²) in [5, 5.41) is 0. The highest BCUT2D eigenvalue weighted by molar-refractivity contribution is 5.23. The number of allylic oxidation sites excluding steroid dienone is 1. The molecule has 17 heavy (non-hydrogen) atoms. The zero-order valence-electron chi connectivity index (χ0n) is 11.7. The molecule has 0 spiro atoms. The first-order chi connectivity index (χ1) is 8.02. The predicted octanol–water partition coefficient (Wildman–Crippen LogP) is 3.56. The second kappa shape index (κ2) is 5.11. The van der Waals surface area contributed by atoms with E-state index >= 15 is 0 Å². The second-order valence-corrected chi connectivity index (χ2v) is 6.22. The summed E-state index contributed by atoms with van der Waals surface area (Å²) in [6.07, 6.45) is 3.66. The van der Waals surface area contributed by atoms with Crippen LogP contribution in [0.3, 0.4) is 0 Å². The third-order valence-electron chi connectivity index (χ3n) is 4.28. The molecule has 1 heterocycles. The van der Waals surface area contributed by atoms with Gasteiger partial charge in [-0.05, 0) is 44.9 Å². The molecule has 2 aliphatic rings. The Labute approximate surface area is 105 Å². The van der Waals surface area contributed by atoms with Gasteiger partial charge in [0.1, 0.15) is 0 Å². The molecule has 0 aromatic heterocycles. The van der Waals surface area contributed by atoms with Crippen molar-refractivity contribution < 1.29 is 9.47 Å². The first kappa shape index (κ1) is 13.1. The lowest BCUT2D eigenvalue weighted by Crippen LogP contribution is -2.41. The van der Waals surface area contributed by atoms with Crippen molar-refractivity contribution in [2.45, 2.75) is 52.6 Å². The molecule has 1 aliphatic heterocycles. The predicted molar refractivity (Wildman–Crippen MR) is 70.1 cm³/mol. The van der Waals surface area contributed by atoms with Crippen LogP contribution >= 0.6 is 0 Å². The van der Waals surface area contributed by atoms with Crippen molar-refractivity contribution in [2.75, 3.05) is 19.8 Å². The molecule has 2 rings (SSSR count). The molecule has 98 valence electrons. The number of ether oxygens (including phenoxy) is 2. The highest BCUT2D eigenvalue weighted by atomic mass is 16.6. The molecule has 0 N–H and O–H groups in total. The zero-order chi connectivity index (χ0) is 12.5. The van der Waals surface area contributed by atoms with Gasteiger partial charge in [-0.1, -0.05) is 25.0 Å². The standard InChI is InChI=1S/C15H26O2/c1-11(2)13-6-5-12(3)14(13)9-15(4)10-16-7-8-17-15/h11,13H,5-10H2,1-4H3. The lowest BCUT2D eigenvalue weighted by molar-refractivity contribution is -0.147. The van der Waals surface area contributed by atoms with E-state index in [0.717, 1.165) is 38.1 Å². The molecular formula is C15H26O2. The van der Waals surface area contributed by atoms with Gasteiger partial charge < -0.3 is 9.47 Å². The largest absolute Gasteiger partial charge is 0.376 e. The van der Waals surface area contributed by atoms with E-state index in [-0.39, 0.29) is 5.60 Å². The molecular weight excluding hydrogens is 212 g/mol. The van der Waals surface area contributed by atoms with E-state index in [1.165, 1.54) is 12.8 Å². The van der Waals surface area contributed by atoms with Crippen LogP contribution in [0.5, 0.6) is 0 Å². The maximum Gasteiger partial charge on any atom is 0.0925 e. The lowest BCUT2D eigenvalue weighted by Gasteiger charge is -2.36. The first-order valence-electron chi connectivity index (χ1n) is 6.92. The van der Waals surface area contributed by atoms with Crippen molar-refractivity contribution in [3.63, 3.8) is 0 Å². The molecule has 0 radical (unpaired) electrons. The number of hydrogen-bond acceptors (Lipinski definition) is 2. The van der Waals surface area contributed by atoms with Gasteiger partial charge in [0.25, 0.3) is 0 Å². The van der Waals surface area contributed by atoms with Crippen LogP contribution in [0.2, 0.25) is 0 Å². The van der Waals surface area contributed by atoms with Gasteiger partial charge in [-0.15, -0.1) is 0 Å². The molecule has 1 aliphatic carbocycles. The van der Waals surface area contributed by atoms with Crippen LogP contribution in [0, 0.1) is 11.8 Å². The third kappa shape index (κ3) is 2.92. The minimum Gasteiger partial charge on any atom is -0.376 e. The van der Waals surface area contributed by atoms with Crippen LogP contribution in [0.4, 0.5) is 0 Å². The lowest BCUT2D eigenvalue weighted by atomic mass is 9.83. The van der Waals surface area contributed by atoms with Crippen molar-refractivity contribution in [3.05, 3.63) is 11.1 Å². The summed E-state index contributed by atoms with van der Waals surface area (Å²) in [5.74, 6) is 1.51. The Balaban J connectivity index is 2.08. The monoisotopic (exact) mass is 238 g/mol. The molecule has 0 amide bonds. The van der Waals surface area contributed by atoms with E-state index in [9.17, 15) is 0 Å². The van der Waals surface area contributed by atoms with Gasteiger partial charge in [0.05, 0.1) is 25.4 Å². The molecule has 0 bridgehead atoms. The highest BCUT2D eigenvalue weighted by Gasteiger charge is 2.35. The average molecular weight is 238 g/mol. The molecule has 2 nitrogen and oxygen atoms in total. The maximum atomic E-state index is 5.94. The fraction of sp³-hybridized carbons (Fsp3) is 0.867. The van der Waals surface area contributed by atoms with Gasteiger partial charge in [-0.3, -0.25) is 0 Å². The molecule has 1 saturated heterocycles. The van der Waals surface area contributed by atoms with E-state index in [1.807, 2.05) is 0 Å². The first-order valence-corrected chi connectivity index (χ1v) is 6.92. The van der Waals surface area contributed by atoms with Crippen LogP contribution in [-0.4, -0.2) is 25.4 Å². The fourth-order valence-electron chi connectivity index (χ4n) is 3.22. The van der Waals surface area contributed by atoms with Crippen molar-refractivity contribution in [1.29, 1.82) is 0 Å². The van der Waals surface area contributed by atoms with Crippen molar-refractivity contribution in [1.82, 2.24) is 0 Å². The molecule has 0 saturated carbocycles. The Morgan fingerprint density at radius 3 is 2.71 bits per heavy atom. The minimum atomic E-state index is -0.0909. The van der Waals surface area contributed by atoms with Crippen molar-refractivity contribution in [2.24, 2.45) is 11.8 Å². The van der Waals surface area contributed by atoms with E-state index < -0.39 is 0 Å². The van der Waals surface area contributed by atoms with Gasteiger partial charge in [-0.25, -0.2) is 0 Å². The van der Waals surface area contributed by atoms with Crippen LogP contribution in [0.25, 0.3) is 0 Å². The van der Waals surface area contributed by atoms with Crippen LogP contribution in [-0.2, 0) is 9.47 Å². The summed E-state index contributed by atoms with van der Waals surface area (Å²) < 4.78 is 11.5. The van der Waals surface area contributed by atoms with E-state index in [0.29, 0.717) is 0 Å². The summed E-state index contributed by atoms with van der Waals surface area (Å²) in [4.78, 5) is 0. The molecule has 2 atom stereocenters. The average Bonchev–Trinajstić information content (AvgIpc) is 2.61.